The van der Waals surface area contributed by atoms with E-state index in [0.29, 0.717) is 27.9 Å². The van der Waals surface area contributed by atoms with Gasteiger partial charge in [-0.2, -0.15) is 0 Å². The zero-order valence-corrected chi connectivity index (χ0v) is 13.2. The Kier molecular flexibility index (Phi) is 5.09. The molecule has 0 saturated carbocycles. The van der Waals surface area contributed by atoms with Crippen LogP contribution in [0, 0.1) is 5.92 Å². The molecule has 1 aromatic carbocycles. The van der Waals surface area contributed by atoms with Crippen LogP contribution in [0.2, 0.25) is 0 Å². The molecule has 1 aromatic heterocycles. The fourth-order valence-corrected chi connectivity index (χ4v) is 3.22. The highest BCUT2D eigenvalue weighted by atomic mass is 32.1. The maximum absolute atomic E-state index is 11.4. The second-order valence-corrected chi connectivity index (χ2v) is 6.29. The summed E-state index contributed by atoms with van der Waals surface area (Å²) in [6.07, 6.45) is 0.332. The van der Waals surface area contributed by atoms with Crippen LogP contribution in [-0.4, -0.2) is 23.2 Å². The Morgan fingerprint density at radius 2 is 2.00 bits per heavy atom. The molecule has 112 valence electrons. The largest absolute Gasteiger partial charge is 0.477 e. The predicted molar refractivity (Wildman–Crippen MR) is 82.9 cm³/mol. The van der Waals surface area contributed by atoms with Gasteiger partial charge in [0.05, 0.1) is 5.69 Å². The highest BCUT2D eigenvalue weighted by Crippen LogP contribution is 2.31. The van der Waals surface area contributed by atoms with Gasteiger partial charge in [-0.25, -0.2) is 9.78 Å². The average Bonchev–Trinajstić information content (AvgIpc) is 2.84. The van der Waals surface area contributed by atoms with Crippen LogP contribution in [0.5, 0.6) is 0 Å². The van der Waals surface area contributed by atoms with E-state index in [1.54, 1.807) is 7.11 Å². The van der Waals surface area contributed by atoms with Gasteiger partial charge in [-0.1, -0.05) is 44.2 Å². The number of nitrogens with zero attached hydrogens (tertiary/aromatic N) is 1. The van der Waals surface area contributed by atoms with Gasteiger partial charge in [0.25, 0.3) is 0 Å². The lowest BCUT2D eigenvalue weighted by atomic mass is 10.1. The number of carboxylic acid groups (broad SMARTS) is 1. The molecule has 0 fully saturated rings. The Hall–Kier alpha value is -1.72. The third-order valence-corrected chi connectivity index (χ3v) is 4.20. The Balaban J connectivity index is 2.40. The minimum Gasteiger partial charge on any atom is -0.477 e. The van der Waals surface area contributed by atoms with Crippen LogP contribution < -0.4 is 0 Å². The molecule has 1 unspecified atom stereocenters. The SMILES string of the molecule is COC(c1ccccc1)c1nc(CC(C)C)c(C(=O)O)s1. The number of carboxylic acids is 1. The van der Waals surface area contributed by atoms with Gasteiger partial charge in [0.15, 0.2) is 0 Å². The second kappa shape index (κ2) is 6.83. The molecule has 2 rings (SSSR count). The number of benzene rings is 1. The van der Waals surface area contributed by atoms with Crippen LogP contribution in [0.1, 0.15) is 45.9 Å². The minimum atomic E-state index is -0.919. The molecule has 0 aliphatic carbocycles. The molecule has 1 heterocycles. The topological polar surface area (TPSA) is 59.4 Å². The number of methoxy groups -OCH3 is 1. The van der Waals surface area contributed by atoms with Crippen molar-refractivity contribution in [2.75, 3.05) is 7.11 Å². The third-order valence-electron chi connectivity index (χ3n) is 3.07. The Labute approximate surface area is 128 Å². The lowest BCUT2D eigenvalue weighted by molar-refractivity contribution is 0.0700. The van der Waals surface area contributed by atoms with E-state index in [1.807, 2.05) is 30.3 Å². The van der Waals surface area contributed by atoms with Crippen LogP contribution in [-0.2, 0) is 11.2 Å². The third kappa shape index (κ3) is 3.68. The standard InChI is InChI=1S/C16H19NO3S/c1-10(2)9-12-14(16(18)19)21-15(17-12)13(20-3)11-7-5-4-6-8-11/h4-8,10,13H,9H2,1-3H3,(H,18,19). The smallest absolute Gasteiger partial charge is 0.347 e. The summed E-state index contributed by atoms with van der Waals surface area (Å²) in [6, 6.07) is 9.71. The number of carbonyl (C=O) groups is 1. The van der Waals surface area contributed by atoms with Crippen molar-refractivity contribution in [2.24, 2.45) is 5.92 Å². The molecule has 0 bridgehead atoms. The van der Waals surface area contributed by atoms with E-state index in [1.165, 1.54) is 11.3 Å². The quantitative estimate of drug-likeness (QED) is 0.882. The van der Waals surface area contributed by atoms with Crippen molar-refractivity contribution in [1.29, 1.82) is 0 Å². The average molecular weight is 305 g/mol. The molecule has 0 radical (unpaired) electrons. The highest BCUT2D eigenvalue weighted by molar-refractivity contribution is 7.13. The summed E-state index contributed by atoms with van der Waals surface area (Å²) in [5, 5.41) is 10.0. The van der Waals surface area contributed by atoms with Gasteiger partial charge in [-0.15, -0.1) is 11.3 Å². The van der Waals surface area contributed by atoms with Crippen molar-refractivity contribution in [2.45, 2.75) is 26.4 Å². The summed E-state index contributed by atoms with van der Waals surface area (Å²) in [7, 11) is 1.61. The molecule has 0 aliphatic rings. The van der Waals surface area contributed by atoms with Gasteiger partial charge in [-0.05, 0) is 17.9 Å². The minimum absolute atomic E-state index is 0.316. The van der Waals surface area contributed by atoms with E-state index in [0.717, 1.165) is 5.56 Å². The summed E-state index contributed by atoms with van der Waals surface area (Å²) < 4.78 is 5.53. The van der Waals surface area contributed by atoms with Crippen molar-refractivity contribution in [3.8, 4) is 0 Å². The van der Waals surface area contributed by atoms with E-state index < -0.39 is 5.97 Å². The maximum atomic E-state index is 11.4. The lowest BCUT2D eigenvalue weighted by Crippen LogP contribution is -2.04. The van der Waals surface area contributed by atoms with Crippen molar-refractivity contribution >= 4 is 17.3 Å². The first-order valence-corrected chi connectivity index (χ1v) is 7.65. The summed E-state index contributed by atoms with van der Waals surface area (Å²) in [4.78, 5) is 16.2. The van der Waals surface area contributed by atoms with Gasteiger partial charge in [0, 0.05) is 7.11 Å². The molecule has 4 nitrogen and oxygen atoms in total. The highest BCUT2D eigenvalue weighted by Gasteiger charge is 2.23. The van der Waals surface area contributed by atoms with Crippen molar-refractivity contribution in [3.63, 3.8) is 0 Å². The fraction of sp³-hybridized carbons (Fsp3) is 0.375. The molecule has 21 heavy (non-hydrogen) atoms. The first-order chi connectivity index (χ1) is 10.0. The summed E-state index contributed by atoms with van der Waals surface area (Å²) in [6.45, 7) is 4.10. The van der Waals surface area contributed by atoms with Crippen LogP contribution in [0.3, 0.4) is 0 Å². The second-order valence-electron chi connectivity index (χ2n) is 5.26. The van der Waals surface area contributed by atoms with E-state index in [9.17, 15) is 9.90 Å². The van der Waals surface area contributed by atoms with Crippen molar-refractivity contribution in [3.05, 3.63) is 51.5 Å². The Bertz CT molecular complexity index is 607. The Morgan fingerprint density at radius 3 is 2.52 bits per heavy atom. The molecule has 0 saturated heterocycles. The van der Waals surface area contributed by atoms with Gasteiger partial charge in [0.1, 0.15) is 16.0 Å². The summed E-state index contributed by atoms with van der Waals surface area (Å²) >= 11 is 1.20. The Morgan fingerprint density at radius 1 is 1.33 bits per heavy atom. The van der Waals surface area contributed by atoms with Crippen LogP contribution >= 0.6 is 11.3 Å². The van der Waals surface area contributed by atoms with Gasteiger partial charge in [-0.3, -0.25) is 0 Å². The first-order valence-electron chi connectivity index (χ1n) is 6.83. The lowest BCUT2D eigenvalue weighted by Gasteiger charge is -2.12. The molecule has 5 heteroatoms. The molecular weight excluding hydrogens is 286 g/mol. The van der Waals surface area contributed by atoms with Crippen molar-refractivity contribution in [1.82, 2.24) is 4.98 Å². The molecule has 1 atom stereocenters. The summed E-state index contributed by atoms with van der Waals surface area (Å²) in [5.74, 6) is -0.562. The summed E-state index contributed by atoms with van der Waals surface area (Å²) in [5.41, 5.74) is 1.62. The van der Waals surface area contributed by atoms with Crippen LogP contribution in [0.15, 0.2) is 30.3 Å². The predicted octanol–water partition coefficient (Wildman–Crippen LogP) is 3.78. The monoisotopic (exact) mass is 305 g/mol. The molecule has 1 N–H and O–H groups in total. The molecule has 2 aromatic rings. The van der Waals surface area contributed by atoms with Crippen LogP contribution in [0.25, 0.3) is 0 Å². The molecule has 0 aliphatic heterocycles. The molecule has 0 amide bonds. The van der Waals surface area contributed by atoms with Gasteiger partial charge in [0.2, 0.25) is 0 Å². The maximum Gasteiger partial charge on any atom is 0.347 e. The number of ether oxygens (including phenoxy) is 1. The molecule has 0 spiro atoms. The zero-order chi connectivity index (χ0) is 15.4. The van der Waals surface area contributed by atoms with E-state index in [4.69, 9.17) is 4.74 Å². The zero-order valence-electron chi connectivity index (χ0n) is 12.4. The van der Waals surface area contributed by atoms with E-state index in [2.05, 4.69) is 18.8 Å². The number of hydrogen-bond donors (Lipinski definition) is 1. The van der Waals surface area contributed by atoms with E-state index >= 15 is 0 Å². The number of aromatic nitrogens is 1. The van der Waals surface area contributed by atoms with Crippen molar-refractivity contribution < 1.29 is 14.6 Å². The normalized spacial score (nSPS) is 12.6. The van der Waals surface area contributed by atoms with Gasteiger partial charge >= 0.3 is 5.97 Å². The number of aromatic carboxylic acids is 1. The number of rotatable bonds is 6. The van der Waals surface area contributed by atoms with E-state index in [-0.39, 0.29) is 6.10 Å². The molecular formula is C16H19NO3S. The first kappa shape index (κ1) is 15.7. The van der Waals surface area contributed by atoms with Gasteiger partial charge < -0.3 is 9.84 Å². The number of thiazole rings is 1. The number of hydrogen-bond acceptors (Lipinski definition) is 4. The van der Waals surface area contributed by atoms with Crippen LogP contribution in [0.4, 0.5) is 0 Å². The fourth-order valence-electron chi connectivity index (χ4n) is 2.18.